The zero-order chi connectivity index (χ0) is 14.4. The van der Waals surface area contributed by atoms with Crippen molar-refractivity contribution in [2.24, 2.45) is 0 Å². The summed E-state index contributed by atoms with van der Waals surface area (Å²) in [6, 6.07) is 7.80. The molecule has 1 atom stereocenters. The molecule has 1 unspecified atom stereocenters. The van der Waals surface area contributed by atoms with Gasteiger partial charge in [-0.25, -0.2) is 0 Å². The van der Waals surface area contributed by atoms with E-state index in [-0.39, 0.29) is 11.6 Å². The predicted octanol–water partition coefficient (Wildman–Crippen LogP) is 2.08. The van der Waals surface area contributed by atoms with Crippen LogP contribution in [0.15, 0.2) is 36.0 Å². The Labute approximate surface area is 124 Å². The van der Waals surface area contributed by atoms with E-state index < -0.39 is 0 Å². The van der Waals surface area contributed by atoms with Crippen molar-refractivity contribution in [3.05, 3.63) is 47.2 Å². The van der Waals surface area contributed by atoms with Crippen molar-refractivity contribution in [3.8, 4) is 0 Å². The van der Waals surface area contributed by atoms with Crippen molar-refractivity contribution in [2.45, 2.75) is 25.3 Å². The van der Waals surface area contributed by atoms with Gasteiger partial charge in [0.1, 0.15) is 0 Å². The SMILES string of the molecule is O=C1C(=CN2CCC3CCCN3C2)C(=O)c2ccccc21. The Bertz CT molecular complexity index is 613. The monoisotopic (exact) mass is 282 g/mol. The van der Waals surface area contributed by atoms with E-state index in [0.717, 1.165) is 26.2 Å². The molecule has 4 rings (SSSR count). The van der Waals surface area contributed by atoms with E-state index >= 15 is 0 Å². The molecule has 2 aliphatic heterocycles. The molecule has 3 aliphatic rings. The molecule has 1 aromatic rings. The summed E-state index contributed by atoms with van der Waals surface area (Å²) in [7, 11) is 0. The highest BCUT2D eigenvalue weighted by Crippen LogP contribution is 2.29. The minimum atomic E-state index is -0.126. The Morgan fingerprint density at radius 2 is 1.71 bits per heavy atom. The third-order valence-electron chi connectivity index (χ3n) is 4.83. The van der Waals surface area contributed by atoms with Gasteiger partial charge < -0.3 is 4.90 Å². The predicted molar refractivity (Wildman–Crippen MR) is 79.1 cm³/mol. The van der Waals surface area contributed by atoms with E-state index in [1.165, 1.54) is 12.8 Å². The highest BCUT2D eigenvalue weighted by molar-refractivity contribution is 6.39. The van der Waals surface area contributed by atoms with Crippen LogP contribution in [-0.4, -0.2) is 47.2 Å². The number of hydrogen-bond donors (Lipinski definition) is 0. The molecular weight excluding hydrogens is 264 g/mol. The number of rotatable bonds is 1. The molecule has 0 spiro atoms. The van der Waals surface area contributed by atoms with Crippen LogP contribution in [0.2, 0.25) is 0 Å². The van der Waals surface area contributed by atoms with E-state index in [2.05, 4.69) is 9.80 Å². The molecule has 0 bridgehead atoms. The normalized spacial score (nSPS) is 25.2. The summed E-state index contributed by atoms with van der Waals surface area (Å²) in [4.78, 5) is 29.3. The van der Waals surface area contributed by atoms with Gasteiger partial charge >= 0.3 is 0 Å². The topological polar surface area (TPSA) is 40.6 Å². The van der Waals surface area contributed by atoms with Crippen LogP contribution in [-0.2, 0) is 0 Å². The Morgan fingerprint density at radius 1 is 1.00 bits per heavy atom. The molecule has 1 aromatic carbocycles. The zero-order valence-electron chi connectivity index (χ0n) is 11.9. The highest BCUT2D eigenvalue weighted by Gasteiger charge is 2.35. The maximum absolute atomic E-state index is 12.4. The molecule has 0 saturated carbocycles. The van der Waals surface area contributed by atoms with Crippen LogP contribution in [0, 0.1) is 0 Å². The largest absolute Gasteiger partial charge is 0.364 e. The molecular formula is C17H18N2O2. The third-order valence-corrected chi connectivity index (χ3v) is 4.83. The van der Waals surface area contributed by atoms with Crippen molar-refractivity contribution >= 4 is 11.6 Å². The van der Waals surface area contributed by atoms with Crippen LogP contribution in [0.25, 0.3) is 0 Å². The van der Waals surface area contributed by atoms with Gasteiger partial charge in [-0.2, -0.15) is 0 Å². The fourth-order valence-electron chi connectivity index (χ4n) is 3.70. The van der Waals surface area contributed by atoms with Gasteiger partial charge in [-0.05, 0) is 19.3 Å². The average Bonchev–Trinajstić information content (AvgIpc) is 3.06. The molecule has 1 aliphatic carbocycles. The number of Topliss-reactive ketones (excluding diaryl/α,β-unsaturated/α-hetero) is 2. The van der Waals surface area contributed by atoms with E-state index in [1.807, 2.05) is 12.1 Å². The van der Waals surface area contributed by atoms with Crippen molar-refractivity contribution in [1.29, 1.82) is 0 Å². The second-order valence-corrected chi connectivity index (χ2v) is 6.10. The lowest BCUT2D eigenvalue weighted by atomic mass is 10.1. The lowest BCUT2D eigenvalue weighted by Gasteiger charge is -2.37. The number of hydrogen-bond acceptors (Lipinski definition) is 4. The fourth-order valence-corrected chi connectivity index (χ4v) is 3.70. The Kier molecular flexibility index (Phi) is 2.93. The molecule has 2 fully saturated rings. The Balaban J connectivity index is 1.60. The number of benzene rings is 1. The quantitative estimate of drug-likeness (QED) is 0.584. The fraction of sp³-hybridized carbons (Fsp3) is 0.412. The van der Waals surface area contributed by atoms with E-state index in [1.54, 1.807) is 18.3 Å². The molecule has 108 valence electrons. The van der Waals surface area contributed by atoms with Gasteiger partial charge in [-0.1, -0.05) is 24.3 Å². The smallest absolute Gasteiger partial charge is 0.199 e. The van der Waals surface area contributed by atoms with Crippen LogP contribution in [0.1, 0.15) is 40.0 Å². The molecule has 4 heteroatoms. The van der Waals surface area contributed by atoms with Gasteiger partial charge in [0.15, 0.2) is 11.6 Å². The van der Waals surface area contributed by atoms with E-state index in [9.17, 15) is 9.59 Å². The number of fused-ring (bicyclic) bond motifs is 2. The summed E-state index contributed by atoms with van der Waals surface area (Å²) in [5, 5.41) is 0. The number of nitrogens with zero attached hydrogens (tertiary/aromatic N) is 2. The molecule has 0 radical (unpaired) electrons. The first kappa shape index (κ1) is 12.8. The lowest BCUT2D eigenvalue weighted by Crippen LogP contribution is -2.45. The Hall–Kier alpha value is -1.94. The summed E-state index contributed by atoms with van der Waals surface area (Å²) in [6.45, 7) is 2.90. The number of ketones is 2. The minimum Gasteiger partial charge on any atom is -0.364 e. The van der Waals surface area contributed by atoms with Crippen molar-refractivity contribution in [1.82, 2.24) is 9.80 Å². The highest BCUT2D eigenvalue weighted by atomic mass is 16.2. The summed E-state index contributed by atoms with van der Waals surface area (Å²) < 4.78 is 0. The summed E-state index contributed by atoms with van der Waals surface area (Å²) in [5.74, 6) is -0.252. The first-order valence-electron chi connectivity index (χ1n) is 7.62. The zero-order valence-corrected chi connectivity index (χ0v) is 11.9. The number of carbonyl (C=O) groups excluding carboxylic acids is 2. The summed E-state index contributed by atoms with van der Waals surface area (Å²) in [5.41, 5.74) is 1.42. The number of allylic oxidation sites excluding steroid dienone is 1. The number of carbonyl (C=O) groups is 2. The van der Waals surface area contributed by atoms with Crippen LogP contribution in [0.5, 0.6) is 0 Å². The Morgan fingerprint density at radius 3 is 2.43 bits per heavy atom. The van der Waals surface area contributed by atoms with Gasteiger partial charge in [0.25, 0.3) is 0 Å². The van der Waals surface area contributed by atoms with Crippen molar-refractivity contribution in [2.75, 3.05) is 19.8 Å². The second-order valence-electron chi connectivity index (χ2n) is 6.10. The van der Waals surface area contributed by atoms with Gasteiger partial charge in [-0.15, -0.1) is 0 Å². The lowest BCUT2D eigenvalue weighted by molar-refractivity contribution is 0.0927. The minimum absolute atomic E-state index is 0.126. The summed E-state index contributed by atoms with van der Waals surface area (Å²) >= 11 is 0. The molecule has 0 amide bonds. The maximum Gasteiger partial charge on any atom is 0.199 e. The van der Waals surface area contributed by atoms with Gasteiger partial charge in [0, 0.05) is 36.5 Å². The average molecular weight is 282 g/mol. The van der Waals surface area contributed by atoms with Crippen molar-refractivity contribution < 1.29 is 9.59 Å². The van der Waals surface area contributed by atoms with Gasteiger partial charge in [0.2, 0.25) is 0 Å². The standard InChI is InChI=1S/C17H18N2O2/c20-16-13-5-1-2-6-14(13)17(21)15(16)10-18-9-7-12-4-3-8-19(12)11-18/h1-2,5-6,10,12H,3-4,7-9,11H2. The molecule has 0 aromatic heterocycles. The molecule has 4 nitrogen and oxygen atoms in total. The van der Waals surface area contributed by atoms with E-state index in [0.29, 0.717) is 22.7 Å². The van der Waals surface area contributed by atoms with Crippen LogP contribution < -0.4 is 0 Å². The van der Waals surface area contributed by atoms with Gasteiger partial charge in [0.05, 0.1) is 12.2 Å². The van der Waals surface area contributed by atoms with Crippen LogP contribution >= 0.6 is 0 Å². The van der Waals surface area contributed by atoms with Crippen molar-refractivity contribution in [3.63, 3.8) is 0 Å². The third kappa shape index (κ3) is 2.02. The van der Waals surface area contributed by atoms with Crippen LogP contribution in [0.3, 0.4) is 0 Å². The van der Waals surface area contributed by atoms with Gasteiger partial charge in [-0.3, -0.25) is 14.5 Å². The maximum atomic E-state index is 12.4. The van der Waals surface area contributed by atoms with E-state index in [4.69, 9.17) is 0 Å². The van der Waals surface area contributed by atoms with Crippen LogP contribution in [0.4, 0.5) is 0 Å². The molecule has 2 heterocycles. The first-order valence-corrected chi connectivity index (χ1v) is 7.62. The molecule has 0 N–H and O–H groups in total. The first-order chi connectivity index (χ1) is 10.2. The molecule has 21 heavy (non-hydrogen) atoms. The molecule has 2 saturated heterocycles. The summed E-state index contributed by atoms with van der Waals surface area (Å²) in [6.07, 6.45) is 5.46. The second kappa shape index (κ2) is 4.81.